The van der Waals surface area contributed by atoms with Crippen LogP contribution in [-0.2, 0) is 9.59 Å². The van der Waals surface area contributed by atoms with Crippen LogP contribution in [-0.4, -0.2) is 35.0 Å². The van der Waals surface area contributed by atoms with Gasteiger partial charge in [0.15, 0.2) is 0 Å². The fourth-order valence-electron chi connectivity index (χ4n) is 2.23. The van der Waals surface area contributed by atoms with Gasteiger partial charge >= 0.3 is 5.97 Å². The van der Waals surface area contributed by atoms with Crippen molar-refractivity contribution in [1.29, 1.82) is 0 Å². The zero-order valence-corrected chi connectivity index (χ0v) is 11.2. The lowest BCUT2D eigenvalue weighted by Gasteiger charge is -2.14. The summed E-state index contributed by atoms with van der Waals surface area (Å²) in [6, 6.07) is 5.90. The number of rotatable bonds is 3. The van der Waals surface area contributed by atoms with Crippen LogP contribution in [0.2, 0.25) is 0 Å². The normalized spacial score (nSPS) is 19.2. The van der Waals surface area contributed by atoms with Gasteiger partial charge in [0.05, 0.1) is 5.92 Å². The number of hydrogen-bond donors (Lipinski definition) is 1. The second kappa shape index (κ2) is 5.86. The molecule has 0 spiro atoms. The van der Waals surface area contributed by atoms with Crippen LogP contribution in [0.1, 0.15) is 18.9 Å². The molecule has 1 fully saturated rings. The van der Waals surface area contributed by atoms with Crippen LogP contribution in [0.4, 0.5) is 4.39 Å². The molecule has 1 aliphatic heterocycles. The lowest BCUT2D eigenvalue weighted by atomic mass is 10.1. The number of hydrogen-bond acceptors (Lipinski definition) is 2. The van der Waals surface area contributed by atoms with Crippen LogP contribution in [0.5, 0.6) is 0 Å². The Labute approximate surface area is 116 Å². The Morgan fingerprint density at radius 1 is 1.35 bits per heavy atom. The summed E-state index contributed by atoms with van der Waals surface area (Å²) in [4.78, 5) is 24.4. The Bertz CT molecular complexity index is 551. The smallest absolute Gasteiger partial charge is 0.308 e. The van der Waals surface area contributed by atoms with Crippen LogP contribution in [0.3, 0.4) is 0 Å². The molecule has 2 rings (SSSR count). The molecular formula is C15H16FNO3. The maximum Gasteiger partial charge on any atom is 0.308 e. The summed E-state index contributed by atoms with van der Waals surface area (Å²) >= 11 is 0. The van der Waals surface area contributed by atoms with Gasteiger partial charge in [0.1, 0.15) is 5.82 Å². The third-order valence-corrected chi connectivity index (χ3v) is 3.49. The molecule has 1 atom stereocenters. The van der Waals surface area contributed by atoms with Crippen molar-refractivity contribution in [3.63, 3.8) is 0 Å². The number of benzene rings is 1. The highest BCUT2D eigenvalue weighted by molar-refractivity contribution is 5.95. The molecule has 106 valence electrons. The molecule has 5 heteroatoms. The van der Waals surface area contributed by atoms with Crippen LogP contribution in [0.25, 0.3) is 5.57 Å². The molecule has 1 saturated heterocycles. The van der Waals surface area contributed by atoms with E-state index in [1.165, 1.54) is 23.1 Å². The van der Waals surface area contributed by atoms with Crippen LogP contribution < -0.4 is 0 Å². The Hall–Kier alpha value is -2.17. The highest BCUT2D eigenvalue weighted by atomic mass is 19.1. The first-order valence-electron chi connectivity index (χ1n) is 6.43. The maximum absolute atomic E-state index is 12.8. The number of amides is 1. The van der Waals surface area contributed by atoms with Gasteiger partial charge in [0, 0.05) is 19.2 Å². The summed E-state index contributed by atoms with van der Waals surface area (Å²) in [5.41, 5.74) is 1.50. The summed E-state index contributed by atoms with van der Waals surface area (Å²) in [5, 5.41) is 8.91. The van der Waals surface area contributed by atoms with Crippen molar-refractivity contribution >= 4 is 17.4 Å². The molecule has 0 saturated carbocycles. The Morgan fingerprint density at radius 2 is 2.00 bits per heavy atom. The number of halogens is 1. The van der Waals surface area contributed by atoms with Gasteiger partial charge in [-0.3, -0.25) is 9.59 Å². The van der Waals surface area contributed by atoms with Crippen LogP contribution >= 0.6 is 0 Å². The van der Waals surface area contributed by atoms with E-state index in [-0.39, 0.29) is 18.3 Å². The molecule has 0 aromatic heterocycles. The van der Waals surface area contributed by atoms with Gasteiger partial charge in [-0.25, -0.2) is 4.39 Å². The largest absolute Gasteiger partial charge is 0.481 e. The minimum atomic E-state index is -0.862. The quantitative estimate of drug-likeness (QED) is 0.861. The molecule has 1 aromatic carbocycles. The number of carboxylic acid groups (broad SMARTS) is 1. The van der Waals surface area contributed by atoms with Gasteiger partial charge < -0.3 is 10.0 Å². The van der Waals surface area contributed by atoms with E-state index in [9.17, 15) is 14.0 Å². The molecule has 1 aromatic rings. The van der Waals surface area contributed by atoms with Crippen molar-refractivity contribution in [2.75, 3.05) is 13.1 Å². The van der Waals surface area contributed by atoms with Crippen molar-refractivity contribution in [1.82, 2.24) is 4.90 Å². The minimum absolute atomic E-state index is 0.199. The molecule has 1 unspecified atom stereocenters. The second-order valence-corrected chi connectivity index (χ2v) is 4.94. The van der Waals surface area contributed by atoms with Gasteiger partial charge in [0.25, 0.3) is 0 Å². The van der Waals surface area contributed by atoms with E-state index >= 15 is 0 Å². The molecule has 0 radical (unpaired) electrons. The topological polar surface area (TPSA) is 57.6 Å². The number of carbonyl (C=O) groups is 2. The average molecular weight is 277 g/mol. The Balaban J connectivity index is 2.05. The first-order chi connectivity index (χ1) is 9.47. The molecule has 0 bridgehead atoms. The van der Waals surface area contributed by atoms with Crippen molar-refractivity contribution < 1.29 is 19.1 Å². The molecule has 0 aliphatic carbocycles. The van der Waals surface area contributed by atoms with Gasteiger partial charge in [-0.1, -0.05) is 12.1 Å². The molecule has 1 aliphatic rings. The van der Waals surface area contributed by atoms with Gasteiger partial charge in [-0.05, 0) is 36.6 Å². The highest BCUT2D eigenvalue weighted by Gasteiger charge is 2.29. The Kier molecular flexibility index (Phi) is 4.17. The summed E-state index contributed by atoms with van der Waals surface area (Å²) in [5.74, 6) is -1.86. The van der Waals surface area contributed by atoms with Gasteiger partial charge in [-0.2, -0.15) is 0 Å². The van der Waals surface area contributed by atoms with E-state index < -0.39 is 11.9 Å². The van der Waals surface area contributed by atoms with Crippen molar-refractivity contribution in [2.24, 2.45) is 5.92 Å². The minimum Gasteiger partial charge on any atom is -0.481 e. The third kappa shape index (κ3) is 3.23. The van der Waals surface area contributed by atoms with E-state index in [4.69, 9.17) is 5.11 Å². The SMILES string of the molecule is C/C(=C\C(=O)N1CCC(C(=O)O)C1)c1ccc(F)cc1. The molecule has 1 heterocycles. The van der Waals surface area contributed by atoms with Gasteiger partial charge in [-0.15, -0.1) is 0 Å². The summed E-state index contributed by atoms with van der Waals surface area (Å²) in [6.45, 7) is 2.49. The van der Waals surface area contributed by atoms with E-state index in [1.807, 2.05) is 0 Å². The van der Waals surface area contributed by atoms with Crippen molar-refractivity contribution in [2.45, 2.75) is 13.3 Å². The monoisotopic (exact) mass is 277 g/mol. The summed E-state index contributed by atoms with van der Waals surface area (Å²) < 4.78 is 12.8. The van der Waals surface area contributed by atoms with E-state index in [0.29, 0.717) is 13.0 Å². The van der Waals surface area contributed by atoms with E-state index in [0.717, 1.165) is 11.1 Å². The number of aliphatic carboxylic acids is 1. The number of carboxylic acids is 1. The highest BCUT2D eigenvalue weighted by Crippen LogP contribution is 2.19. The zero-order chi connectivity index (χ0) is 14.7. The first-order valence-corrected chi connectivity index (χ1v) is 6.43. The van der Waals surface area contributed by atoms with Crippen molar-refractivity contribution in [3.05, 3.63) is 41.7 Å². The number of carbonyl (C=O) groups excluding carboxylic acids is 1. The maximum atomic E-state index is 12.8. The number of nitrogens with zero attached hydrogens (tertiary/aromatic N) is 1. The van der Waals surface area contributed by atoms with Crippen LogP contribution in [0, 0.1) is 11.7 Å². The predicted molar refractivity (Wildman–Crippen MR) is 72.4 cm³/mol. The molecule has 4 nitrogen and oxygen atoms in total. The summed E-state index contributed by atoms with van der Waals surface area (Å²) in [6.07, 6.45) is 1.96. The summed E-state index contributed by atoms with van der Waals surface area (Å²) in [7, 11) is 0. The lowest BCUT2D eigenvalue weighted by Crippen LogP contribution is -2.28. The fraction of sp³-hybridized carbons (Fsp3) is 0.333. The zero-order valence-electron chi connectivity index (χ0n) is 11.2. The average Bonchev–Trinajstić information content (AvgIpc) is 2.89. The third-order valence-electron chi connectivity index (χ3n) is 3.49. The standard InChI is InChI=1S/C15H16FNO3/c1-10(11-2-4-13(16)5-3-11)8-14(18)17-7-6-12(9-17)15(19)20/h2-5,8,12H,6-7,9H2,1H3,(H,19,20)/b10-8+. The molecule has 1 N–H and O–H groups in total. The second-order valence-electron chi connectivity index (χ2n) is 4.94. The lowest BCUT2D eigenvalue weighted by molar-refractivity contribution is -0.141. The molecule has 20 heavy (non-hydrogen) atoms. The Morgan fingerprint density at radius 3 is 2.55 bits per heavy atom. The predicted octanol–water partition coefficient (Wildman–Crippen LogP) is 2.16. The molecule has 1 amide bonds. The van der Waals surface area contributed by atoms with Crippen molar-refractivity contribution in [3.8, 4) is 0 Å². The fourth-order valence-corrected chi connectivity index (χ4v) is 2.23. The number of allylic oxidation sites excluding steroid dienone is 1. The molecular weight excluding hydrogens is 261 g/mol. The first kappa shape index (κ1) is 14.2. The van der Waals surface area contributed by atoms with Gasteiger partial charge in [0.2, 0.25) is 5.91 Å². The van der Waals surface area contributed by atoms with Crippen LogP contribution in [0.15, 0.2) is 30.3 Å². The number of likely N-dealkylation sites (tertiary alicyclic amines) is 1. The van der Waals surface area contributed by atoms with E-state index in [1.54, 1.807) is 19.1 Å². The van der Waals surface area contributed by atoms with E-state index in [2.05, 4.69) is 0 Å².